The van der Waals surface area contributed by atoms with Crippen LogP contribution in [0.4, 0.5) is 19.0 Å². The van der Waals surface area contributed by atoms with E-state index in [0.29, 0.717) is 37.0 Å². The monoisotopic (exact) mass is 536 g/mol. The summed E-state index contributed by atoms with van der Waals surface area (Å²) in [5, 5.41) is 2.94. The van der Waals surface area contributed by atoms with Crippen LogP contribution in [-0.2, 0) is 35.0 Å². The van der Waals surface area contributed by atoms with Crippen molar-refractivity contribution in [3.8, 4) is 0 Å². The number of aromatic nitrogens is 2. The summed E-state index contributed by atoms with van der Waals surface area (Å²) in [6, 6.07) is 4.32. The third-order valence-electron chi connectivity index (χ3n) is 7.43. The van der Waals surface area contributed by atoms with Crippen LogP contribution in [0.2, 0.25) is 18.1 Å². The van der Waals surface area contributed by atoms with Gasteiger partial charge in [-0.1, -0.05) is 33.8 Å². The molecule has 1 fully saturated rings. The number of amides is 1. The highest BCUT2D eigenvalue weighted by Crippen LogP contribution is 2.37. The first kappa shape index (κ1) is 29.1. The minimum Gasteiger partial charge on any atom is -0.413 e. The smallest absolute Gasteiger partial charge is 0.413 e. The molecular weight excluding hydrogens is 497 g/mol. The van der Waals surface area contributed by atoms with Crippen LogP contribution in [0.3, 0.4) is 0 Å². The molecule has 3 rings (SSSR count). The van der Waals surface area contributed by atoms with Crippen LogP contribution in [-0.4, -0.2) is 37.3 Å². The van der Waals surface area contributed by atoms with Crippen molar-refractivity contribution in [2.75, 3.05) is 18.0 Å². The lowest BCUT2D eigenvalue weighted by molar-refractivity contribution is -0.141. The quantitative estimate of drug-likeness (QED) is 0.412. The number of nitrogens with zero attached hydrogens (tertiary/aromatic N) is 3. The van der Waals surface area contributed by atoms with Gasteiger partial charge in [0.05, 0.1) is 13.0 Å². The molecular formula is C27H39F3N4O2Si. The highest BCUT2D eigenvalue weighted by molar-refractivity contribution is 6.74. The molecule has 2 aromatic rings. The molecule has 0 unspecified atom stereocenters. The van der Waals surface area contributed by atoms with Gasteiger partial charge in [-0.2, -0.15) is 13.2 Å². The molecule has 1 aliphatic heterocycles. The average molecular weight is 537 g/mol. The molecule has 0 bridgehead atoms. The van der Waals surface area contributed by atoms with Gasteiger partial charge >= 0.3 is 6.18 Å². The Kier molecular flexibility index (Phi) is 9.05. The van der Waals surface area contributed by atoms with Crippen LogP contribution in [0.1, 0.15) is 62.9 Å². The Hall–Kier alpha value is -2.46. The van der Waals surface area contributed by atoms with E-state index in [2.05, 4.69) is 56.1 Å². The summed E-state index contributed by atoms with van der Waals surface area (Å²) in [4.78, 5) is 22.8. The number of hydrogen-bond acceptors (Lipinski definition) is 5. The fraction of sp³-hybridized carbons (Fsp3) is 0.593. The maximum Gasteiger partial charge on any atom is 0.433 e. The summed E-state index contributed by atoms with van der Waals surface area (Å²) in [7, 11) is -1.91. The SMILES string of the molecule is CC1CCN(c2nc(C(F)(F)F)ccc2CNC(=O)Cc2cncc(CO[Si](C)(C)C(C)(C)C)c2)CC1. The van der Waals surface area contributed by atoms with Gasteiger partial charge in [-0.05, 0) is 60.2 Å². The third kappa shape index (κ3) is 8.01. The van der Waals surface area contributed by atoms with Gasteiger partial charge in [-0.15, -0.1) is 0 Å². The second-order valence-corrected chi connectivity index (χ2v) is 16.4. The Bertz CT molecular complexity index is 1080. The average Bonchev–Trinajstić information content (AvgIpc) is 2.81. The van der Waals surface area contributed by atoms with Gasteiger partial charge in [0.2, 0.25) is 5.91 Å². The normalized spacial score (nSPS) is 15.6. The number of halogens is 3. The Morgan fingerprint density at radius 2 is 1.78 bits per heavy atom. The molecule has 0 radical (unpaired) electrons. The van der Waals surface area contributed by atoms with Crippen molar-refractivity contribution in [1.82, 2.24) is 15.3 Å². The van der Waals surface area contributed by atoms with E-state index >= 15 is 0 Å². The molecule has 37 heavy (non-hydrogen) atoms. The third-order valence-corrected chi connectivity index (χ3v) is 11.9. The maximum atomic E-state index is 13.3. The van der Waals surface area contributed by atoms with E-state index < -0.39 is 20.2 Å². The molecule has 204 valence electrons. The van der Waals surface area contributed by atoms with Gasteiger partial charge in [-0.3, -0.25) is 9.78 Å². The molecule has 0 spiro atoms. The first-order valence-corrected chi connectivity index (χ1v) is 15.7. The molecule has 1 aliphatic rings. The molecule has 0 aromatic carbocycles. The van der Waals surface area contributed by atoms with E-state index in [1.807, 2.05) is 11.0 Å². The number of rotatable bonds is 8. The molecule has 10 heteroatoms. The minimum absolute atomic E-state index is 0.0936. The molecule has 1 saturated heterocycles. The zero-order chi connectivity index (χ0) is 27.4. The second kappa shape index (κ2) is 11.5. The molecule has 0 atom stereocenters. The maximum absolute atomic E-state index is 13.3. The number of hydrogen-bond donors (Lipinski definition) is 1. The first-order valence-electron chi connectivity index (χ1n) is 12.8. The number of alkyl halides is 3. The van der Waals surface area contributed by atoms with Gasteiger partial charge in [0.25, 0.3) is 0 Å². The predicted molar refractivity (Wildman–Crippen MR) is 142 cm³/mol. The van der Waals surface area contributed by atoms with Crippen LogP contribution < -0.4 is 10.2 Å². The Morgan fingerprint density at radius 3 is 2.41 bits per heavy atom. The number of anilines is 1. The number of piperidine rings is 1. The Morgan fingerprint density at radius 1 is 1.14 bits per heavy atom. The lowest BCUT2D eigenvalue weighted by Gasteiger charge is -2.36. The first-order chi connectivity index (χ1) is 17.2. The summed E-state index contributed by atoms with van der Waals surface area (Å²) in [5.41, 5.74) is 1.32. The lowest BCUT2D eigenvalue weighted by Crippen LogP contribution is -2.40. The van der Waals surface area contributed by atoms with Crippen molar-refractivity contribution in [3.05, 3.63) is 53.0 Å². The van der Waals surface area contributed by atoms with E-state index in [4.69, 9.17) is 4.43 Å². The molecule has 0 saturated carbocycles. The van der Waals surface area contributed by atoms with Crippen LogP contribution >= 0.6 is 0 Å². The molecule has 2 aromatic heterocycles. The topological polar surface area (TPSA) is 67.4 Å². The van der Waals surface area contributed by atoms with Crippen molar-refractivity contribution in [3.63, 3.8) is 0 Å². The van der Waals surface area contributed by atoms with E-state index in [1.165, 1.54) is 6.07 Å². The summed E-state index contributed by atoms with van der Waals surface area (Å²) in [6.07, 6.45) is 0.777. The summed E-state index contributed by atoms with van der Waals surface area (Å²) < 4.78 is 46.3. The molecule has 6 nitrogen and oxygen atoms in total. The predicted octanol–water partition coefficient (Wildman–Crippen LogP) is 6.11. The summed E-state index contributed by atoms with van der Waals surface area (Å²) in [6.45, 7) is 14.9. The minimum atomic E-state index is -4.52. The molecule has 1 N–H and O–H groups in total. The van der Waals surface area contributed by atoms with Gasteiger partial charge in [-0.25, -0.2) is 4.98 Å². The van der Waals surface area contributed by atoms with Crippen molar-refractivity contribution < 1.29 is 22.4 Å². The zero-order valence-corrected chi connectivity index (χ0v) is 23.7. The molecule has 1 amide bonds. The second-order valence-electron chi connectivity index (χ2n) is 11.6. The number of carbonyl (C=O) groups excluding carboxylic acids is 1. The van der Waals surface area contributed by atoms with E-state index in [9.17, 15) is 18.0 Å². The highest BCUT2D eigenvalue weighted by Gasteiger charge is 2.37. The fourth-order valence-electron chi connectivity index (χ4n) is 3.91. The number of nitrogens with one attached hydrogen (secondary N) is 1. The van der Waals surface area contributed by atoms with Crippen LogP contribution in [0.5, 0.6) is 0 Å². The lowest BCUT2D eigenvalue weighted by atomic mass is 9.99. The van der Waals surface area contributed by atoms with Gasteiger partial charge in [0, 0.05) is 37.6 Å². The zero-order valence-electron chi connectivity index (χ0n) is 22.7. The van der Waals surface area contributed by atoms with Crippen LogP contribution in [0, 0.1) is 5.92 Å². The van der Waals surface area contributed by atoms with Crippen molar-refractivity contribution in [1.29, 1.82) is 0 Å². The van der Waals surface area contributed by atoms with Crippen LogP contribution in [0.15, 0.2) is 30.6 Å². The fourth-order valence-corrected chi connectivity index (χ4v) is 4.87. The van der Waals surface area contributed by atoms with Crippen molar-refractivity contribution >= 4 is 20.0 Å². The largest absolute Gasteiger partial charge is 0.433 e. The standard InChI is InChI=1S/C27H39F3N4O2Si/c1-19-9-11-34(12-10-19)25-22(7-8-23(33-25)27(28,29)30)17-32-24(35)14-20-13-21(16-31-15-20)18-36-37(5,6)26(2,3)4/h7-8,13,15-16,19H,9-12,14,17-18H2,1-6H3,(H,32,35). The van der Waals surface area contributed by atoms with Gasteiger partial charge in [0.15, 0.2) is 8.32 Å². The van der Waals surface area contributed by atoms with Crippen LogP contribution in [0.25, 0.3) is 0 Å². The van der Waals surface area contributed by atoms with E-state index in [1.54, 1.807) is 12.4 Å². The summed E-state index contributed by atoms with van der Waals surface area (Å²) >= 11 is 0. The van der Waals surface area contributed by atoms with Crippen molar-refractivity contribution in [2.24, 2.45) is 5.92 Å². The molecule has 3 heterocycles. The van der Waals surface area contributed by atoms with Gasteiger partial charge < -0.3 is 14.6 Å². The molecule has 0 aliphatic carbocycles. The van der Waals surface area contributed by atoms with E-state index in [0.717, 1.165) is 30.0 Å². The van der Waals surface area contributed by atoms with E-state index in [-0.39, 0.29) is 23.9 Å². The van der Waals surface area contributed by atoms with Gasteiger partial charge in [0.1, 0.15) is 11.5 Å². The Balaban J connectivity index is 1.65. The Labute approximate surface area is 219 Å². The number of pyridine rings is 2. The number of carbonyl (C=O) groups is 1. The van der Waals surface area contributed by atoms with Crippen molar-refractivity contribution in [2.45, 2.75) is 84.4 Å². The highest BCUT2D eigenvalue weighted by atomic mass is 28.4. The summed E-state index contributed by atoms with van der Waals surface area (Å²) in [5.74, 6) is 0.595.